The van der Waals surface area contributed by atoms with Crippen LogP contribution in [0.3, 0.4) is 0 Å². The quantitative estimate of drug-likeness (QED) is 0.177. The molecule has 3 nitrogen and oxygen atoms in total. The van der Waals surface area contributed by atoms with E-state index in [9.17, 15) is 0 Å². The number of hydrogen-bond acceptors (Lipinski definition) is 3. The number of furan rings is 1. The Labute approximate surface area is 301 Å². The lowest BCUT2D eigenvalue weighted by Gasteiger charge is -2.27. The third kappa shape index (κ3) is 5.19. The number of nitrogens with zero attached hydrogens (tertiary/aromatic N) is 2. The van der Waals surface area contributed by atoms with Gasteiger partial charge in [0.25, 0.3) is 0 Å². The maximum Gasteiger partial charge on any atom is 0.153 e. The summed E-state index contributed by atoms with van der Waals surface area (Å²) in [6.45, 7) is 0. The van der Waals surface area contributed by atoms with E-state index in [1.165, 1.54) is 44.2 Å². The first-order valence-electron chi connectivity index (χ1n) is 17.6. The van der Waals surface area contributed by atoms with Gasteiger partial charge in [-0.25, -0.2) is 0 Å². The maximum absolute atomic E-state index is 6.24. The van der Waals surface area contributed by atoms with Crippen molar-refractivity contribution in [3.8, 4) is 33.4 Å². The normalized spacial score (nSPS) is 11.5. The largest absolute Gasteiger partial charge is 0.454 e. The molecule has 244 valence electrons. The van der Waals surface area contributed by atoms with Gasteiger partial charge in [-0.05, 0) is 98.1 Å². The topological polar surface area (TPSA) is 29.3 Å². The second-order valence-electron chi connectivity index (χ2n) is 13.2. The molecule has 2 aromatic heterocycles. The lowest BCUT2D eigenvalue weighted by atomic mass is 9.97. The Morgan fingerprint density at radius 2 is 1.04 bits per heavy atom. The van der Waals surface area contributed by atoms with Crippen LogP contribution in [0.15, 0.2) is 199 Å². The van der Waals surface area contributed by atoms with Crippen molar-refractivity contribution in [2.24, 2.45) is 0 Å². The van der Waals surface area contributed by atoms with Crippen molar-refractivity contribution in [3.05, 3.63) is 194 Å². The van der Waals surface area contributed by atoms with Crippen molar-refractivity contribution in [1.29, 1.82) is 0 Å². The van der Waals surface area contributed by atoms with Crippen molar-refractivity contribution < 1.29 is 4.42 Å². The van der Waals surface area contributed by atoms with E-state index in [4.69, 9.17) is 4.42 Å². The second kappa shape index (κ2) is 12.4. The number of hydrogen-bond donors (Lipinski definition) is 0. The first kappa shape index (κ1) is 29.9. The lowest BCUT2D eigenvalue weighted by molar-refractivity contribution is 0.667. The molecule has 0 saturated carbocycles. The monoisotopic (exact) mass is 664 g/mol. The Morgan fingerprint density at radius 1 is 0.385 bits per heavy atom. The van der Waals surface area contributed by atoms with Gasteiger partial charge in [-0.15, -0.1) is 0 Å². The molecule has 0 aliphatic carbocycles. The van der Waals surface area contributed by atoms with Crippen molar-refractivity contribution in [2.45, 2.75) is 0 Å². The van der Waals surface area contributed by atoms with Crippen LogP contribution in [0.1, 0.15) is 0 Å². The number of benzene rings is 8. The molecule has 0 amide bonds. The minimum atomic E-state index is 0.793. The van der Waals surface area contributed by atoms with Gasteiger partial charge in [0.15, 0.2) is 5.58 Å². The Bertz CT molecular complexity index is 2880. The van der Waals surface area contributed by atoms with Crippen LogP contribution < -0.4 is 4.90 Å². The summed E-state index contributed by atoms with van der Waals surface area (Å²) in [5.74, 6) is 0. The third-order valence-corrected chi connectivity index (χ3v) is 10.1. The fourth-order valence-corrected chi connectivity index (χ4v) is 7.59. The van der Waals surface area contributed by atoms with E-state index >= 15 is 0 Å². The van der Waals surface area contributed by atoms with Crippen LogP contribution in [-0.2, 0) is 0 Å². The van der Waals surface area contributed by atoms with E-state index in [1.54, 1.807) is 6.20 Å². The second-order valence-corrected chi connectivity index (χ2v) is 13.2. The highest BCUT2D eigenvalue weighted by Gasteiger charge is 2.19. The molecule has 0 atom stereocenters. The van der Waals surface area contributed by atoms with Gasteiger partial charge >= 0.3 is 0 Å². The zero-order valence-electron chi connectivity index (χ0n) is 28.3. The average Bonchev–Trinajstić information content (AvgIpc) is 3.58. The Hall–Kier alpha value is -6.97. The summed E-state index contributed by atoms with van der Waals surface area (Å²) in [5, 5.41) is 6.87. The summed E-state index contributed by atoms with van der Waals surface area (Å²) in [5.41, 5.74) is 12.1. The molecule has 0 N–H and O–H groups in total. The lowest BCUT2D eigenvalue weighted by Crippen LogP contribution is -2.10. The first-order chi connectivity index (χ1) is 25.8. The Morgan fingerprint density at radius 3 is 1.87 bits per heavy atom. The molecule has 0 unspecified atom stereocenters. The summed E-state index contributed by atoms with van der Waals surface area (Å²) in [4.78, 5) is 6.68. The number of pyridine rings is 1. The molecule has 8 aromatic carbocycles. The van der Waals surface area contributed by atoms with Crippen LogP contribution >= 0.6 is 0 Å². The summed E-state index contributed by atoms with van der Waals surface area (Å²) < 4.78 is 6.24. The molecule has 52 heavy (non-hydrogen) atoms. The summed E-state index contributed by atoms with van der Waals surface area (Å²) in [7, 11) is 0. The fraction of sp³-hybridized carbons (Fsp3) is 0. The molecule has 0 aliphatic heterocycles. The molecule has 2 heterocycles. The summed E-state index contributed by atoms with van der Waals surface area (Å²) in [6.07, 6.45) is 3.62. The zero-order valence-corrected chi connectivity index (χ0v) is 28.3. The van der Waals surface area contributed by atoms with Crippen molar-refractivity contribution in [2.75, 3.05) is 4.90 Å². The van der Waals surface area contributed by atoms with E-state index in [0.29, 0.717) is 0 Å². The zero-order chi connectivity index (χ0) is 34.4. The number of rotatable bonds is 6. The number of aromatic nitrogens is 1. The fourth-order valence-electron chi connectivity index (χ4n) is 7.59. The molecular weight excluding hydrogens is 633 g/mol. The van der Waals surface area contributed by atoms with E-state index < -0.39 is 0 Å². The minimum absolute atomic E-state index is 0.793. The van der Waals surface area contributed by atoms with Gasteiger partial charge < -0.3 is 9.32 Å². The summed E-state index contributed by atoms with van der Waals surface area (Å²) >= 11 is 0. The molecule has 0 aliphatic rings. The highest BCUT2D eigenvalue weighted by molar-refractivity contribution is 6.13. The molecule has 0 fully saturated rings. The van der Waals surface area contributed by atoms with Crippen LogP contribution in [0.2, 0.25) is 0 Å². The van der Waals surface area contributed by atoms with Crippen LogP contribution in [0.25, 0.3) is 76.9 Å². The van der Waals surface area contributed by atoms with Crippen LogP contribution in [-0.4, -0.2) is 4.98 Å². The predicted molar refractivity (Wildman–Crippen MR) is 218 cm³/mol. The Kier molecular flexibility index (Phi) is 7.14. The van der Waals surface area contributed by atoms with Gasteiger partial charge in [0, 0.05) is 33.7 Å². The average molecular weight is 665 g/mol. The molecule has 0 bridgehead atoms. The number of anilines is 3. The highest BCUT2D eigenvalue weighted by Crippen LogP contribution is 2.43. The van der Waals surface area contributed by atoms with E-state index in [1.807, 2.05) is 12.3 Å². The molecule has 0 saturated heterocycles. The third-order valence-electron chi connectivity index (χ3n) is 10.1. The molecule has 10 rings (SSSR count). The highest BCUT2D eigenvalue weighted by atomic mass is 16.3. The van der Waals surface area contributed by atoms with Crippen LogP contribution in [0, 0.1) is 0 Å². The molecular formula is C49H32N2O. The minimum Gasteiger partial charge on any atom is -0.454 e. The molecule has 0 spiro atoms. The van der Waals surface area contributed by atoms with Gasteiger partial charge in [-0.1, -0.05) is 133 Å². The first-order valence-corrected chi connectivity index (χ1v) is 17.6. The van der Waals surface area contributed by atoms with Crippen LogP contribution in [0.5, 0.6) is 0 Å². The van der Waals surface area contributed by atoms with Gasteiger partial charge in [0.1, 0.15) is 5.58 Å². The molecule has 0 radical (unpaired) electrons. The van der Waals surface area contributed by atoms with Gasteiger partial charge in [0.05, 0.1) is 11.9 Å². The van der Waals surface area contributed by atoms with E-state index in [-0.39, 0.29) is 0 Å². The standard InChI is InChI=1S/C49H32N2O/c1-2-9-33(10-3-1)34-19-21-35(22-20-34)36-23-25-40(26-24-36)51(41-15-6-13-38(29-41)43-17-7-12-37-11-4-5-16-42(37)43)47-18-8-14-39-30-48-46(31-45(39)47)44-27-28-50-32-49(44)52-48/h1-32H. The van der Waals surface area contributed by atoms with Crippen molar-refractivity contribution in [1.82, 2.24) is 4.98 Å². The SMILES string of the molecule is c1ccc(-c2ccc(-c3ccc(N(c4cccc(-c5cccc6ccccc56)c4)c4cccc5cc6oc7cnccc7c6cc45)cc3)cc2)cc1. The van der Waals surface area contributed by atoms with E-state index in [0.717, 1.165) is 49.8 Å². The smallest absolute Gasteiger partial charge is 0.153 e. The van der Waals surface area contributed by atoms with Crippen molar-refractivity contribution >= 4 is 60.5 Å². The summed E-state index contributed by atoms with van der Waals surface area (Å²) in [6, 6.07) is 65.3. The molecule has 3 heteroatoms. The van der Waals surface area contributed by atoms with Gasteiger partial charge in [-0.2, -0.15) is 0 Å². The van der Waals surface area contributed by atoms with Gasteiger partial charge in [-0.3, -0.25) is 4.98 Å². The predicted octanol–water partition coefficient (Wildman–Crippen LogP) is 13.8. The van der Waals surface area contributed by atoms with Crippen molar-refractivity contribution in [3.63, 3.8) is 0 Å². The molecule has 10 aromatic rings. The van der Waals surface area contributed by atoms with E-state index in [2.05, 4.69) is 186 Å². The number of fused-ring (bicyclic) bond motifs is 5. The van der Waals surface area contributed by atoms with Crippen LogP contribution in [0.4, 0.5) is 17.1 Å². The maximum atomic E-state index is 6.24. The van der Waals surface area contributed by atoms with Gasteiger partial charge in [0.2, 0.25) is 0 Å². The Balaban J connectivity index is 1.13.